The molecule has 0 fully saturated rings. The predicted molar refractivity (Wildman–Crippen MR) is 107 cm³/mol. The fraction of sp³-hybridized carbons (Fsp3) is 0.0556. The number of hydrogen-bond donors (Lipinski definition) is 4. The summed E-state index contributed by atoms with van der Waals surface area (Å²) < 4.78 is 38.6. The van der Waals surface area contributed by atoms with E-state index in [1.807, 2.05) is 0 Å². The molecule has 0 aliphatic rings. The molecule has 0 spiro atoms. The van der Waals surface area contributed by atoms with Gasteiger partial charge in [-0.25, -0.2) is 9.78 Å². The lowest BCUT2D eigenvalue weighted by Gasteiger charge is -2.09. The van der Waals surface area contributed by atoms with Gasteiger partial charge in [0.25, 0.3) is 0 Å². The fourth-order valence-corrected chi connectivity index (χ4v) is 3.37. The third kappa shape index (κ3) is 5.00. The summed E-state index contributed by atoms with van der Waals surface area (Å²) in [6.07, 6.45) is -4.44. The molecule has 0 aliphatic carbocycles. The first kappa shape index (κ1) is 20.6. The summed E-state index contributed by atoms with van der Waals surface area (Å²) in [7, 11) is 0. The minimum atomic E-state index is -4.44. The molecule has 0 amide bonds. The SMILES string of the molecule is O=C(O)c1ccc(NC(=S)Nc2nc(-c3cccc(C(F)(F)F)c3)cs2)cc1O. The number of anilines is 2. The van der Waals surface area contributed by atoms with Crippen LogP contribution in [-0.2, 0) is 6.18 Å². The first-order valence-electron chi connectivity index (χ1n) is 7.91. The fourth-order valence-electron chi connectivity index (χ4n) is 2.37. The number of aromatic nitrogens is 1. The van der Waals surface area contributed by atoms with Gasteiger partial charge < -0.3 is 20.8 Å². The molecular formula is C18H12F3N3O3S2. The molecule has 0 aliphatic heterocycles. The minimum Gasteiger partial charge on any atom is -0.507 e. The van der Waals surface area contributed by atoms with Gasteiger partial charge in [0.05, 0.1) is 11.3 Å². The van der Waals surface area contributed by atoms with Crippen LogP contribution in [0.4, 0.5) is 24.0 Å². The Morgan fingerprint density at radius 3 is 2.55 bits per heavy atom. The van der Waals surface area contributed by atoms with Gasteiger partial charge in [-0.3, -0.25) is 0 Å². The van der Waals surface area contributed by atoms with Crippen molar-refractivity contribution in [3.63, 3.8) is 0 Å². The second-order valence-corrected chi connectivity index (χ2v) is 7.00. The van der Waals surface area contributed by atoms with Crippen molar-refractivity contribution in [2.75, 3.05) is 10.6 Å². The maximum absolute atomic E-state index is 12.9. The number of thiocarbonyl (C=S) groups is 1. The number of carboxylic acids is 1. The number of halogens is 3. The summed E-state index contributed by atoms with van der Waals surface area (Å²) in [6, 6.07) is 8.68. The first-order chi connectivity index (χ1) is 13.6. The lowest BCUT2D eigenvalue weighted by molar-refractivity contribution is -0.137. The number of carboxylic acid groups (broad SMARTS) is 1. The Kier molecular flexibility index (Phi) is 5.71. The Hall–Kier alpha value is -3.18. The molecule has 0 atom stereocenters. The number of benzene rings is 2. The third-order valence-corrected chi connectivity index (χ3v) is 4.66. The topological polar surface area (TPSA) is 94.5 Å². The number of aromatic hydroxyl groups is 1. The summed E-state index contributed by atoms with van der Waals surface area (Å²) in [5, 5.41) is 26.2. The molecule has 150 valence electrons. The van der Waals surface area contributed by atoms with Crippen molar-refractivity contribution in [2.24, 2.45) is 0 Å². The summed E-state index contributed by atoms with van der Waals surface area (Å²) >= 11 is 6.29. The van der Waals surface area contributed by atoms with Crippen LogP contribution in [0.5, 0.6) is 5.75 Å². The number of rotatable bonds is 4. The van der Waals surface area contributed by atoms with Gasteiger partial charge in [-0.05, 0) is 36.5 Å². The molecule has 6 nitrogen and oxygen atoms in total. The minimum absolute atomic E-state index is 0.109. The van der Waals surface area contributed by atoms with Crippen LogP contribution in [0.1, 0.15) is 15.9 Å². The van der Waals surface area contributed by atoms with Crippen molar-refractivity contribution in [1.82, 2.24) is 4.98 Å². The van der Waals surface area contributed by atoms with E-state index in [2.05, 4.69) is 15.6 Å². The predicted octanol–water partition coefficient (Wildman–Crippen LogP) is 5.04. The van der Waals surface area contributed by atoms with Crippen molar-refractivity contribution in [3.05, 3.63) is 59.0 Å². The van der Waals surface area contributed by atoms with Gasteiger partial charge in [0.2, 0.25) is 0 Å². The lowest BCUT2D eigenvalue weighted by atomic mass is 10.1. The highest BCUT2D eigenvalue weighted by Gasteiger charge is 2.30. The average Bonchev–Trinajstić information content (AvgIpc) is 3.09. The summed E-state index contributed by atoms with van der Waals surface area (Å²) in [6.45, 7) is 0. The number of hydrogen-bond acceptors (Lipinski definition) is 5. The number of carbonyl (C=O) groups is 1. The van der Waals surface area contributed by atoms with Crippen LogP contribution in [0.25, 0.3) is 11.3 Å². The van der Waals surface area contributed by atoms with E-state index in [4.69, 9.17) is 17.3 Å². The maximum Gasteiger partial charge on any atom is 0.416 e. The van der Waals surface area contributed by atoms with E-state index in [1.165, 1.54) is 30.3 Å². The van der Waals surface area contributed by atoms with Crippen LogP contribution in [0.15, 0.2) is 47.8 Å². The zero-order valence-corrected chi connectivity index (χ0v) is 16.0. The number of thiazole rings is 1. The van der Waals surface area contributed by atoms with Gasteiger partial charge in [0.1, 0.15) is 11.3 Å². The summed E-state index contributed by atoms with van der Waals surface area (Å²) in [4.78, 5) is 15.1. The smallest absolute Gasteiger partial charge is 0.416 e. The van der Waals surface area contributed by atoms with Crippen LogP contribution in [0.2, 0.25) is 0 Å². The van der Waals surface area contributed by atoms with E-state index >= 15 is 0 Å². The standard InChI is InChI=1S/C18H12F3N3O3S2/c19-18(20,21)10-3-1-2-9(6-10)13-8-29-17(23-13)24-16(28)22-11-4-5-12(15(26)27)14(25)7-11/h1-8,25H,(H,26,27)(H2,22,23,24,28). The molecule has 0 saturated carbocycles. The second-order valence-electron chi connectivity index (χ2n) is 5.73. The van der Waals surface area contributed by atoms with Gasteiger partial charge >= 0.3 is 12.1 Å². The molecule has 1 aromatic heterocycles. The van der Waals surface area contributed by atoms with Gasteiger partial charge in [-0.2, -0.15) is 13.2 Å². The molecule has 0 bridgehead atoms. The van der Waals surface area contributed by atoms with Crippen LogP contribution >= 0.6 is 23.6 Å². The molecular weight excluding hydrogens is 427 g/mol. The highest BCUT2D eigenvalue weighted by molar-refractivity contribution is 7.80. The monoisotopic (exact) mass is 439 g/mol. The molecule has 3 aromatic rings. The van der Waals surface area contributed by atoms with Gasteiger partial charge in [-0.1, -0.05) is 12.1 Å². The first-order valence-corrected chi connectivity index (χ1v) is 9.20. The molecule has 1 heterocycles. The largest absolute Gasteiger partial charge is 0.507 e. The van der Waals surface area contributed by atoms with Gasteiger partial charge in [-0.15, -0.1) is 11.3 Å². The van der Waals surface area contributed by atoms with Crippen molar-refractivity contribution in [3.8, 4) is 17.0 Å². The molecule has 3 rings (SSSR count). The molecule has 29 heavy (non-hydrogen) atoms. The normalized spacial score (nSPS) is 11.1. The zero-order chi connectivity index (χ0) is 21.2. The average molecular weight is 439 g/mol. The third-order valence-electron chi connectivity index (χ3n) is 3.70. The molecule has 0 radical (unpaired) electrons. The van der Waals surface area contributed by atoms with Crippen LogP contribution in [-0.4, -0.2) is 26.3 Å². The molecule has 2 aromatic carbocycles. The number of alkyl halides is 3. The highest BCUT2D eigenvalue weighted by Crippen LogP contribution is 2.33. The van der Waals surface area contributed by atoms with E-state index in [0.717, 1.165) is 23.5 Å². The van der Waals surface area contributed by atoms with Gasteiger partial charge in [0, 0.05) is 22.7 Å². The van der Waals surface area contributed by atoms with Crippen molar-refractivity contribution >= 4 is 45.5 Å². The Labute approximate surface area is 171 Å². The zero-order valence-electron chi connectivity index (χ0n) is 14.3. The summed E-state index contributed by atoms with van der Waals surface area (Å²) in [5.74, 6) is -1.69. The van der Waals surface area contributed by atoms with Crippen molar-refractivity contribution < 1.29 is 28.2 Å². The number of aromatic carboxylic acids is 1. The lowest BCUT2D eigenvalue weighted by Crippen LogP contribution is -2.19. The second kappa shape index (κ2) is 8.05. The Morgan fingerprint density at radius 2 is 1.90 bits per heavy atom. The maximum atomic E-state index is 12.9. The summed E-state index contributed by atoms with van der Waals surface area (Å²) in [5.41, 5.74) is 0.00564. The Morgan fingerprint density at radius 1 is 1.14 bits per heavy atom. The molecule has 11 heteroatoms. The highest BCUT2D eigenvalue weighted by atomic mass is 32.1. The Balaban J connectivity index is 1.70. The number of nitrogens with one attached hydrogen (secondary N) is 2. The molecule has 0 unspecified atom stereocenters. The van der Waals surface area contributed by atoms with E-state index in [9.17, 15) is 23.1 Å². The quantitative estimate of drug-likeness (QED) is 0.423. The van der Waals surface area contributed by atoms with E-state index in [-0.39, 0.29) is 10.7 Å². The number of nitrogens with zero attached hydrogens (tertiary/aromatic N) is 1. The van der Waals surface area contributed by atoms with E-state index in [0.29, 0.717) is 22.1 Å². The van der Waals surface area contributed by atoms with Crippen LogP contribution in [0, 0.1) is 0 Å². The van der Waals surface area contributed by atoms with Crippen LogP contribution in [0.3, 0.4) is 0 Å². The van der Waals surface area contributed by atoms with Crippen LogP contribution < -0.4 is 10.6 Å². The van der Waals surface area contributed by atoms with Gasteiger partial charge in [0.15, 0.2) is 10.2 Å². The Bertz CT molecular complexity index is 1080. The molecule has 0 saturated heterocycles. The van der Waals surface area contributed by atoms with E-state index < -0.39 is 23.5 Å². The van der Waals surface area contributed by atoms with Crippen molar-refractivity contribution in [2.45, 2.75) is 6.18 Å². The van der Waals surface area contributed by atoms with E-state index in [1.54, 1.807) is 5.38 Å². The molecule has 4 N–H and O–H groups in total. The van der Waals surface area contributed by atoms with Crippen molar-refractivity contribution in [1.29, 1.82) is 0 Å². The number of phenols is 1.